The minimum Gasteiger partial charge on any atom is -0.388 e. The van der Waals surface area contributed by atoms with Crippen LogP contribution in [0.15, 0.2) is 55.9 Å². The van der Waals surface area contributed by atoms with Crippen LogP contribution in [0.2, 0.25) is 0 Å². The Morgan fingerprint density at radius 2 is 1.67 bits per heavy atom. The Balaban J connectivity index is 2.22. The number of benzene rings is 2. The van der Waals surface area contributed by atoms with Crippen molar-refractivity contribution in [3.05, 3.63) is 67.0 Å². The fourth-order valence-corrected chi connectivity index (χ4v) is 3.51. The van der Waals surface area contributed by atoms with Crippen LogP contribution in [0.3, 0.4) is 0 Å². The van der Waals surface area contributed by atoms with Crippen molar-refractivity contribution in [3.63, 3.8) is 0 Å². The molecular weight excluding hydrogens is 424 g/mol. The van der Waals surface area contributed by atoms with Crippen molar-refractivity contribution in [3.8, 4) is 0 Å². The molecule has 0 aliphatic rings. The molecule has 0 amide bonds. The summed E-state index contributed by atoms with van der Waals surface area (Å²) in [6.07, 6.45) is 0.0629. The van der Waals surface area contributed by atoms with Gasteiger partial charge in [0, 0.05) is 19.8 Å². The van der Waals surface area contributed by atoms with Crippen LogP contribution < -0.4 is 0 Å². The van der Waals surface area contributed by atoms with E-state index < -0.39 is 6.10 Å². The van der Waals surface area contributed by atoms with E-state index in [1.54, 1.807) is 0 Å². The van der Waals surface area contributed by atoms with E-state index in [4.69, 9.17) is 0 Å². The van der Waals surface area contributed by atoms with Crippen LogP contribution in [0.1, 0.15) is 17.2 Å². The van der Waals surface area contributed by atoms with E-state index in [-0.39, 0.29) is 0 Å². The van der Waals surface area contributed by atoms with Crippen molar-refractivity contribution in [2.24, 2.45) is 0 Å². The zero-order chi connectivity index (χ0) is 13.1. The maximum atomic E-state index is 10.3. The molecule has 0 radical (unpaired) electrons. The fourth-order valence-electron chi connectivity index (χ4n) is 1.75. The third-order valence-corrected chi connectivity index (χ3v) is 4.65. The number of halogens is 3. The van der Waals surface area contributed by atoms with Gasteiger partial charge in [-0.2, -0.15) is 0 Å². The summed E-state index contributed by atoms with van der Waals surface area (Å²) in [5.41, 5.74) is 1.99. The van der Waals surface area contributed by atoms with E-state index >= 15 is 0 Å². The zero-order valence-electron chi connectivity index (χ0n) is 9.41. The number of hydrogen-bond donors (Lipinski definition) is 1. The van der Waals surface area contributed by atoms with Gasteiger partial charge in [-0.1, -0.05) is 72.1 Å². The molecule has 1 unspecified atom stereocenters. The summed E-state index contributed by atoms with van der Waals surface area (Å²) in [5.74, 6) is 0. The number of aliphatic hydroxyl groups excluding tert-OH is 1. The molecule has 2 aromatic carbocycles. The van der Waals surface area contributed by atoms with Crippen LogP contribution in [-0.4, -0.2) is 5.11 Å². The molecule has 0 fully saturated rings. The normalized spacial score (nSPS) is 12.4. The Morgan fingerprint density at radius 1 is 0.944 bits per heavy atom. The lowest BCUT2D eigenvalue weighted by Crippen LogP contribution is -2.03. The molecule has 94 valence electrons. The second-order valence-corrected chi connectivity index (χ2v) is 6.60. The van der Waals surface area contributed by atoms with Crippen LogP contribution in [0, 0.1) is 0 Å². The Kier molecular flexibility index (Phi) is 5.01. The largest absolute Gasteiger partial charge is 0.388 e. The zero-order valence-corrected chi connectivity index (χ0v) is 14.2. The fraction of sp³-hybridized carbons (Fsp3) is 0.143. The van der Waals surface area contributed by atoms with E-state index in [1.807, 2.05) is 42.5 Å². The molecule has 1 nitrogen and oxygen atoms in total. The SMILES string of the molecule is OC(Cc1ccccc1Br)c1ccc(Br)cc1Br. The first kappa shape index (κ1) is 14.3. The van der Waals surface area contributed by atoms with Crippen molar-refractivity contribution < 1.29 is 5.11 Å². The quantitative estimate of drug-likeness (QED) is 0.699. The maximum absolute atomic E-state index is 10.3. The molecule has 0 aliphatic carbocycles. The lowest BCUT2D eigenvalue weighted by atomic mass is 10.0. The number of hydrogen-bond acceptors (Lipinski definition) is 1. The Morgan fingerprint density at radius 3 is 2.33 bits per heavy atom. The van der Waals surface area contributed by atoms with E-state index in [2.05, 4.69) is 47.8 Å². The molecule has 0 spiro atoms. The van der Waals surface area contributed by atoms with Gasteiger partial charge in [-0.05, 0) is 29.3 Å². The first-order chi connectivity index (χ1) is 8.58. The monoisotopic (exact) mass is 432 g/mol. The minimum atomic E-state index is -0.522. The smallest absolute Gasteiger partial charge is 0.0841 e. The third-order valence-electron chi connectivity index (χ3n) is 2.69. The Hall–Kier alpha value is -0.160. The Bertz CT molecular complexity index is 554. The standard InChI is InChI=1S/C14H11Br3O/c15-10-5-6-11(13(17)8-10)14(18)7-9-3-1-2-4-12(9)16/h1-6,8,14,18H,7H2. The van der Waals surface area contributed by atoms with Gasteiger partial charge in [-0.25, -0.2) is 0 Å². The van der Waals surface area contributed by atoms with Gasteiger partial charge in [-0.3, -0.25) is 0 Å². The molecule has 0 saturated carbocycles. The van der Waals surface area contributed by atoms with Crippen LogP contribution >= 0.6 is 47.8 Å². The number of rotatable bonds is 3. The molecule has 0 aliphatic heterocycles. The van der Waals surface area contributed by atoms with Crippen LogP contribution in [0.25, 0.3) is 0 Å². The summed E-state index contributed by atoms with van der Waals surface area (Å²) in [7, 11) is 0. The minimum absolute atomic E-state index is 0.522. The van der Waals surface area contributed by atoms with E-state index in [0.29, 0.717) is 6.42 Å². The van der Waals surface area contributed by atoms with Gasteiger partial charge in [0.2, 0.25) is 0 Å². The highest BCUT2D eigenvalue weighted by molar-refractivity contribution is 9.11. The van der Waals surface area contributed by atoms with Crippen molar-refractivity contribution >= 4 is 47.8 Å². The summed E-state index contributed by atoms with van der Waals surface area (Å²) in [4.78, 5) is 0. The first-order valence-electron chi connectivity index (χ1n) is 5.44. The van der Waals surface area contributed by atoms with E-state index in [9.17, 15) is 5.11 Å². The highest BCUT2D eigenvalue weighted by atomic mass is 79.9. The molecule has 1 atom stereocenters. The lowest BCUT2D eigenvalue weighted by molar-refractivity contribution is 0.177. The third kappa shape index (κ3) is 3.44. The van der Waals surface area contributed by atoms with Crippen molar-refractivity contribution in [2.75, 3.05) is 0 Å². The summed E-state index contributed by atoms with van der Waals surface area (Å²) in [6.45, 7) is 0. The lowest BCUT2D eigenvalue weighted by Gasteiger charge is -2.14. The van der Waals surface area contributed by atoms with Gasteiger partial charge in [0.05, 0.1) is 6.10 Å². The molecular formula is C14H11Br3O. The van der Waals surface area contributed by atoms with Gasteiger partial charge in [0.15, 0.2) is 0 Å². The van der Waals surface area contributed by atoms with Crippen LogP contribution in [-0.2, 0) is 6.42 Å². The Labute approximate surface area is 132 Å². The molecule has 2 rings (SSSR count). The van der Waals surface area contributed by atoms with Crippen molar-refractivity contribution in [1.29, 1.82) is 0 Å². The first-order valence-corrected chi connectivity index (χ1v) is 7.82. The predicted molar refractivity (Wildman–Crippen MR) is 84.6 cm³/mol. The van der Waals surface area contributed by atoms with E-state index in [0.717, 1.165) is 24.5 Å². The average Bonchev–Trinajstić information content (AvgIpc) is 2.32. The summed E-state index contributed by atoms with van der Waals surface area (Å²) in [6, 6.07) is 13.7. The summed E-state index contributed by atoms with van der Waals surface area (Å²) < 4.78 is 2.93. The molecule has 2 aromatic rings. The molecule has 0 bridgehead atoms. The molecule has 4 heteroatoms. The average molecular weight is 435 g/mol. The second-order valence-electron chi connectivity index (χ2n) is 3.98. The highest BCUT2D eigenvalue weighted by Crippen LogP contribution is 2.30. The maximum Gasteiger partial charge on any atom is 0.0841 e. The van der Waals surface area contributed by atoms with E-state index in [1.165, 1.54) is 0 Å². The molecule has 0 saturated heterocycles. The highest BCUT2D eigenvalue weighted by Gasteiger charge is 2.13. The second kappa shape index (κ2) is 6.33. The van der Waals surface area contributed by atoms with Gasteiger partial charge in [0.25, 0.3) is 0 Å². The summed E-state index contributed by atoms with van der Waals surface area (Å²) in [5, 5.41) is 10.3. The number of aliphatic hydroxyl groups is 1. The molecule has 0 aromatic heterocycles. The van der Waals surface area contributed by atoms with Crippen LogP contribution in [0.5, 0.6) is 0 Å². The molecule has 18 heavy (non-hydrogen) atoms. The van der Waals surface area contributed by atoms with Gasteiger partial charge in [0.1, 0.15) is 0 Å². The van der Waals surface area contributed by atoms with Gasteiger partial charge in [-0.15, -0.1) is 0 Å². The van der Waals surface area contributed by atoms with Crippen molar-refractivity contribution in [2.45, 2.75) is 12.5 Å². The van der Waals surface area contributed by atoms with Gasteiger partial charge < -0.3 is 5.11 Å². The predicted octanol–water partition coefficient (Wildman–Crippen LogP) is 5.25. The molecule has 0 heterocycles. The summed E-state index contributed by atoms with van der Waals surface area (Å²) >= 11 is 10.4. The van der Waals surface area contributed by atoms with Crippen LogP contribution in [0.4, 0.5) is 0 Å². The topological polar surface area (TPSA) is 20.2 Å². The van der Waals surface area contributed by atoms with Crippen molar-refractivity contribution in [1.82, 2.24) is 0 Å². The van der Waals surface area contributed by atoms with Gasteiger partial charge >= 0.3 is 0 Å². The molecule has 1 N–H and O–H groups in total.